The lowest BCUT2D eigenvalue weighted by atomic mass is 10.0. The van der Waals surface area contributed by atoms with Crippen LogP contribution in [0.15, 0.2) is 51.4 Å². The van der Waals surface area contributed by atoms with E-state index in [4.69, 9.17) is 10.5 Å². The summed E-state index contributed by atoms with van der Waals surface area (Å²) in [5.74, 6) is -0.236. The summed E-state index contributed by atoms with van der Waals surface area (Å²) in [6, 6.07) is 11.6. The number of nitrogens with one attached hydrogen (secondary N) is 1. The Morgan fingerprint density at radius 2 is 1.71 bits per heavy atom. The van der Waals surface area contributed by atoms with E-state index in [0.717, 1.165) is 20.3 Å². The molecule has 0 unspecified atom stereocenters. The molecule has 0 fully saturated rings. The van der Waals surface area contributed by atoms with Gasteiger partial charge in [-0.2, -0.15) is 0 Å². The summed E-state index contributed by atoms with van der Waals surface area (Å²) in [6.45, 7) is 0. The van der Waals surface area contributed by atoms with Gasteiger partial charge < -0.3 is 15.8 Å². The minimum Gasteiger partial charge on any atom is -0.497 e. The average Bonchev–Trinajstić information content (AvgIpc) is 2.53. The number of amides is 2. The minimum absolute atomic E-state index is 0.306. The lowest BCUT2D eigenvalue weighted by Crippen LogP contribution is -2.45. The molecule has 0 aromatic heterocycles. The highest BCUT2D eigenvalue weighted by Crippen LogP contribution is 2.20. The molecule has 1 atom stereocenters. The molecule has 5 nitrogen and oxygen atoms in total. The maximum absolute atomic E-state index is 12.4. The molecule has 0 saturated heterocycles. The summed E-state index contributed by atoms with van der Waals surface area (Å²) in [5.41, 5.74) is 6.73. The molecule has 0 heterocycles. The number of hydrogen-bond donors (Lipinski definition) is 2. The summed E-state index contributed by atoms with van der Waals surface area (Å²) in [6.07, 6.45) is 0.306. The average molecular weight is 456 g/mol. The van der Waals surface area contributed by atoms with E-state index < -0.39 is 11.9 Å². The van der Waals surface area contributed by atoms with Crippen molar-refractivity contribution in [2.45, 2.75) is 12.5 Å². The van der Waals surface area contributed by atoms with Crippen molar-refractivity contribution in [3.05, 3.63) is 62.5 Å². The van der Waals surface area contributed by atoms with Gasteiger partial charge >= 0.3 is 0 Å². The first kappa shape index (κ1) is 18.5. The molecule has 0 bridgehead atoms. The molecular formula is C17H16Br2N2O3. The SMILES string of the molecule is COc1ccc(C[C@@H](NC(=O)c2cc(Br)cc(Br)c2)C(N)=O)cc1. The summed E-state index contributed by atoms with van der Waals surface area (Å²) in [5, 5.41) is 2.68. The van der Waals surface area contributed by atoms with Crippen LogP contribution in [0.3, 0.4) is 0 Å². The third-order valence-corrected chi connectivity index (χ3v) is 4.29. The fourth-order valence-corrected chi connectivity index (χ4v) is 3.44. The largest absolute Gasteiger partial charge is 0.497 e. The smallest absolute Gasteiger partial charge is 0.252 e. The Morgan fingerprint density at radius 1 is 1.12 bits per heavy atom. The molecular weight excluding hydrogens is 440 g/mol. The number of carbonyl (C=O) groups excluding carboxylic acids is 2. The van der Waals surface area contributed by atoms with Crippen LogP contribution in [0.25, 0.3) is 0 Å². The third-order valence-electron chi connectivity index (χ3n) is 3.37. The van der Waals surface area contributed by atoms with Crippen LogP contribution in [0, 0.1) is 0 Å². The van der Waals surface area contributed by atoms with Crippen LogP contribution in [-0.2, 0) is 11.2 Å². The number of benzene rings is 2. The zero-order valence-electron chi connectivity index (χ0n) is 12.9. The van der Waals surface area contributed by atoms with Crippen molar-refractivity contribution in [3.8, 4) is 5.75 Å². The molecule has 24 heavy (non-hydrogen) atoms. The Balaban J connectivity index is 2.12. The van der Waals surface area contributed by atoms with Crippen molar-refractivity contribution in [2.75, 3.05) is 7.11 Å². The minimum atomic E-state index is -0.802. The number of rotatable bonds is 6. The van der Waals surface area contributed by atoms with Gasteiger partial charge in [0, 0.05) is 20.9 Å². The summed E-state index contributed by atoms with van der Waals surface area (Å²) >= 11 is 6.66. The van der Waals surface area contributed by atoms with Gasteiger partial charge in [0.05, 0.1) is 7.11 Å². The number of carbonyl (C=O) groups is 2. The molecule has 7 heteroatoms. The van der Waals surface area contributed by atoms with Gasteiger partial charge in [0.2, 0.25) is 5.91 Å². The highest BCUT2D eigenvalue weighted by atomic mass is 79.9. The van der Waals surface area contributed by atoms with E-state index in [1.807, 2.05) is 18.2 Å². The van der Waals surface area contributed by atoms with Crippen LogP contribution in [0.1, 0.15) is 15.9 Å². The van der Waals surface area contributed by atoms with Gasteiger partial charge in [-0.15, -0.1) is 0 Å². The number of nitrogens with two attached hydrogens (primary N) is 1. The van der Waals surface area contributed by atoms with E-state index in [1.165, 1.54) is 0 Å². The first-order valence-electron chi connectivity index (χ1n) is 7.08. The quantitative estimate of drug-likeness (QED) is 0.702. The number of halogens is 2. The number of hydrogen-bond acceptors (Lipinski definition) is 3. The van der Waals surface area contributed by atoms with Crippen LogP contribution in [0.4, 0.5) is 0 Å². The molecule has 0 aliphatic rings. The second-order valence-corrected chi connectivity index (χ2v) is 6.97. The number of methoxy groups -OCH3 is 1. The van der Waals surface area contributed by atoms with Gasteiger partial charge in [0.25, 0.3) is 5.91 Å². The van der Waals surface area contributed by atoms with E-state index in [2.05, 4.69) is 37.2 Å². The molecule has 0 aliphatic heterocycles. The summed E-state index contributed by atoms with van der Waals surface area (Å²) in [4.78, 5) is 24.1. The van der Waals surface area contributed by atoms with Gasteiger partial charge in [0.15, 0.2) is 0 Å². The molecule has 3 N–H and O–H groups in total. The van der Waals surface area contributed by atoms with Crippen LogP contribution < -0.4 is 15.8 Å². The second-order valence-electron chi connectivity index (χ2n) is 5.14. The predicted molar refractivity (Wildman–Crippen MR) is 99.0 cm³/mol. The molecule has 0 radical (unpaired) electrons. The van der Waals surface area contributed by atoms with Crippen LogP contribution in [0.5, 0.6) is 5.75 Å². The van der Waals surface area contributed by atoms with Crippen LogP contribution >= 0.6 is 31.9 Å². The Hall–Kier alpha value is -1.86. The lowest BCUT2D eigenvalue weighted by molar-refractivity contribution is -0.119. The van der Waals surface area contributed by atoms with E-state index in [-0.39, 0.29) is 5.91 Å². The van der Waals surface area contributed by atoms with Crippen molar-refractivity contribution < 1.29 is 14.3 Å². The third kappa shape index (κ3) is 5.07. The van der Waals surface area contributed by atoms with Gasteiger partial charge in [-0.25, -0.2) is 0 Å². The number of primary amides is 1. The number of ether oxygens (including phenoxy) is 1. The van der Waals surface area contributed by atoms with Crippen LogP contribution in [-0.4, -0.2) is 25.0 Å². The van der Waals surface area contributed by atoms with Gasteiger partial charge in [-0.05, 0) is 35.9 Å². The highest BCUT2D eigenvalue weighted by Gasteiger charge is 2.20. The zero-order valence-corrected chi connectivity index (χ0v) is 16.1. The van der Waals surface area contributed by atoms with Crippen LogP contribution in [0.2, 0.25) is 0 Å². The fraction of sp³-hybridized carbons (Fsp3) is 0.176. The van der Waals surface area contributed by atoms with Gasteiger partial charge in [0.1, 0.15) is 11.8 Å². The van der Waals surface area contributed by atoms with Crippen molar-refractivity contribution in [2.24, 2.45) is 5.73 Å². The summed E-state index contributed by atoms with van der Waals surface area (Å²) < 4.78 is 6.61. The van der Waals surface area contributed by atoms with Crippen molar-refractivity contribution >= 4 is 43.7 Å². The molecule has 0 aliphatic carbocycles. The van der Waals surface area contributed by atoms with Crippen molar-refractivity contribution in [1.29, 1.82) is 0 Å². The molecule has 2 amide bonds. The Kier molecular flexibility index (Phi) is 6.39. The molecule has 0 saturated carbocycles. The normalized spacial score (nSPS) is 11.6. The standard InChI is InChI=1S/C17H16Br2N2O3/c1-24-14-4-2-10(3-5-14)6-15(16(20)22)21-17(23)11-7-12(18)9-13(19)8-11/h2-5,7-9,15H,6H2,1H3,(H2,20,22)(H,21,23)/t15-/m1/s1. The maximum Gasteiger partial charge on any atom is 0.252 e. The maximum atomic E-state index is 12.4. The Bertz CT molecular complexity index is 728. The van der Waals surface area contributed by atoms with E-state index in [0.29, 0.717) is 12.0 Å². The molecule has 2 rings (SSSR count). The predicted octanol–water partition coefficient (Wildman–Crippen LogP) is 3.05. The highest BCUT2D eigenvalue weighted by molar-refractivity contribution is 9.11. The Morgan fingerprint density at radius 3 is 2.21 bits per heavy atom. The second kappa shape index (κ2) is 8.30. The van der Waals surface area contributed by atoms with Gasteiger partial charge in [-0.1, -0.05) is 44.0 Å². The van der Waals surface area contributed by atoms with E-state index >= 15 is 0 Å². The molecule has 0 spiro atoms. The molecule has 126 valence electrons. The van der Waals surface area contributed by atoms with Crippen molar-refractivity contribution in [1.82, 2.24) is 5.32 Å². The zero-order chi connectivity index (χ0) is 17.7. The first-order chi connectivity index (χ1) is 11.4. The van der Waals surface area contributed by atoms with E-state index in [1.54, 1.807) is 31.4 Å². The molecule has 2 aromatic rings. The Labute approximate surface area is 156 Å². The first-order valence-corrected chi connectivity index (χ1v) is 8.67. The van der Waals surface area contributed by atoms with Crippen molar-refractivity contribution in [3.63, 3.8) is 0 Å². The summed E-state index contributed by atoms with van der Waals surface area (Å²) in [7, 11) is 1.58. The van der Waals surface area contributed by atoms with Gasteiger partial charge in [-0.3, -0.25) is 9.59 Å². The topological polar surface area (TPSA) is 81.4 Å². The fourth-order valence-electron chi connectivity index (χ4n) is 2.15. The monoisotopic (exact) mass is 454 g/mol. The lowest BCUT2D eigenvalue weighted by Gasteiger charge is -2.16. The van der Waals surface area contributed by atoms with E-state index in [9.17, 15) is 9.59 Å². The molecule has 2 aromatic carbocycles.